The predicted octanol–water partition coefficient (Wildman–Crippen LogP) is 4.98. The Balaban J connectivity index is 2.24. The van der Waals surface area contributed by atoms with Gasteiger partial charge in [-0.3, -0.25) is 4.57 Å². The number of aromatic nitrogens is 1. The van der Waals surface area contributed by atoms with E-state index in [0.717, 1.165) is 28.8 Å². The molecule has 0 radical (unpaired) electrons. The Bertz CT molecular complexity index is 1310. The van der Waals surface area contributed by atoms with Gasteiger partial charge in [-0.25, -0.2) is 22.7 Å². The fourth-order valence-electron chi connectivity index (χ4n) is 3.27. The minimum absolute atomic E-state index is 0.141. The molecule has 6 nitrogen and oxygen atoms in total. The number of carbonyl (C=O) groups excluding carboxylic acids is 1. The van der Waals surface area contributed by atoms with Crippen molar-refractivity contribution in [1.29, 1.82) is 0 Å². The number of hydrogen-bond acceptors (Lipinski definition) is 4. The standard InChI is InChI=1S/C21H20F4N2O4S/c1-20(2,3)31-19(28)27-11-16(15-6-5-14(22)9-17(15)27)12-4-7-18(32(26,29)30)13(8-12)10-21(23,24)25/h4-9,11H,10H2,1-3H3,(H2,26,29,30). The molecule has 0 aliphatic heterocycles. The van der Waals surface area contributed by atoms with E-state index in [-0.39, 0.29) is 16.6 Å². The van der Waals surface area contributed by atoms with Crippen LogP contribution in [0.3, 0.4) is 0 Å². The molecular weight excluding hydrogens is 452 g/mol. The number of nitrogens with two attached hydrogens (primary N) is 1. The number of benzene rings is 2. The van der Waals surface area contributed by atoms with Crippen molar-refractivity contribution in [1.82, 2.24) is 4.57 Å². The molecule has 0 atom stereocenters. The summed E-state index contributed by atoms with van der Waals surface area (Å²) in [7, 11) is -4.41. The molecule has 1 aromatic heterocycles. The molecule has 0 aliphatic carbocycles. The van der Waals surface area contributed by atoms with Crippen LogP contribution in [-0.4, -0.2) is 30.9 Å². The lowest BCUT2D eigenvalue weighted by Gasteiger charge is -2.19. The van der Waals surface area contributed by atoms with Crippen LogP contribution < -0.4 is 5.14 Å². The Morgan fingerprint density at radius 1 is 1.09 bits per heavy atom. The Labute approximate surface area is 181 Å². The number of halogens is 4. The fourth-order valence-corrected chi connectivity index (χ4v) is 4.03. The van der Waals surface area contributed by atoms with Crippen molar-refractivity contribution in [3.05, 3.63) is 54.0 Å². The molecule has 0 unspecified atom stereocenters. The van der Waals surface area contributed by atoms with Crippen molar-refractivity contribution >= 4 is 27.0 Å². The van der Waals surface area contributed by atoms with E-state index in [1.165, 1.54) is 18.3 Å². The normalized spacial score (nSPS) is 12.9. The van der Waals surface area contributed by atoms with E-state index in [1.807, 2.05) is 0 Å². The molecule has 32 heavy (non-hydrogen) atoms. The number of rotatable bonds is 3. The first-order valence-corrected chi connectivity index (χ1v) is 10.9. The number of primary sulfonamides is 1. The molecule has 0 amide bonds. The smallest absolute Gasteiger partial charge is 0.419 e. The van der Waals surface area contributed by atoms with E-state index in [4.69, 9.17) is 9.88 Å². The Morgan fingerprint density at radius 3 is 2.31 bits per heavy atom. The summed E-state index contributed by atoms with van der Waals surface area (Å²) in [6.45, 7) is 4.94. The first-order chi connectivity index (χ1) is 14.5. The molecule has 0 aliphatic rings. The van der Waals surface area contributed by atoms with Gasteiger partial charge >= 0.3 is 12.3 Å². The van der Waals surface area contributed by atoms with Gasteiger partial charge in [0.2, 0.25) is 10.0 Å². The largest absolute Gasteiger partial charge is 0.443 e. The predicted molar refractivity (Wildman–Crippen MR) is 110 cm³/mol. The second-order valence-electron chi connectivity index (χ2n) is 8.21. The average molecular weight is 472 g/mol. The zero-order valence-electron chi connectivity index (χ0n) is 17.3. The molecule has 3 rings (SSSR count). The fraction of sp³-hybridized carbons (Fsp3) is 0.286. The van der Waals surface area contributed by atoms with Crippen molar-refractivity contribution in [3.63, 3.8) is 0 Å². The summed E-state index contributed by atoms with van der Waals surface area (Å²) in [6, 6.07) is 6.91. The number of nitrogens with zero attached hydrogens (tertiary/aromatic N) is 1. The molecule has 11 heteroatoms. The second-order valence-corrected chi connectivity index (χ2v) is 9.74. The molecule has 0 saturated heterocycles. The van der Waals surface area contributed by atoms with Crippen LogP contribution in [0.4, 0.5) is 22.4 Å². The molecule has 0 bridgehead atoms. The molecule has 1 heterocycles. The van der Waals surface area contributed by atoms with Gasteiger partial charge in [-0.05, 0) is 62.2 Å². The highest BCUT2D eigenvalue weighted by Gasteiger charge is 2.31. The molecule has 0 spiro atoms. The van der Waals surface area contributed by atoms with Crippen molar-refractivity contribution in [2.75, 3.05) is 0 Å². The zero-order valence-corrected chi connectivity index (χ0v) is 18.1. The minimum Gasteiger partial charge on any atom is -0.443 e. The van der Waals surface area contributed by atoms with Gasteiger partial charge in [0.25, 0.3) is 0 Å². The summed E-state index contributed by atoms with van der Waals surface area (Å²) in [6.07, 6.45) is -5.71. The molecule has 0 saturated carbocycles. The van der Waals surface area contributed by atoms with Crippen molar-refractivity contribution in [2.45, 2.75) is 43.9 Å². The van der Waals surface area contributed by atoms with Crippen molar-refractivity contribution in [3.8, 4) is 11.1 Å². The van der Waals surface area contributed by atoms with E-state index >= 15 is 0 Å². The van der Waals surface area contributed by atoms with Gasteiger partial charge in [-0.2, -0.15) is 13.2 Å². The maximum absolute atomic E-state index is 13.9. The van der Waals surface area contributed by atoms with Gasteiger partial charge < -0.3 is 4.74 Å². The van der Waals surface area contributed by atoms with Crippen LogP contribution in [0.1, 0.15) is 26.3 Å². The summed E-state index contributed by atoms with van der Waals surface area (Å²) in [5, 5.41) is 5.43. The van der Waals surface area contributed by atoms with Gasteiger partial charge in [0.05, 0.1) is 16.8 Å². The quantitative estimate of drug-likeness (QED) is 0.544. The van der Waals surface area contributed by atoms with Crippen molar-refractivity contribution < 1.29 is 35.5 Å². The third-order valence-corrected chi connectivity index (χ3v) is 5.44. The van der Waals surface area contributed by atoms with Gasteiger partial charge in [-0.15, -0.1) is 0 Å². The van der Waals surface area contributed by atoms with Crippen LogP contribution in [0.2, 0.25) is 0 Å². The Hall–Kier alpha value is -2.92. The summed E-state index contributed by atoms with van der Waals surface area (Å²) >= 11 is 0. The maximum Gasteiger partial charge on any atom is 0.419 e. The van der Waals surface area contributed by atoms with Crippen LogP contribution in [0, 0.1) is 5.82 Å². The lowest BCUT2D eigenvalue weighted by Crippen LogP contribution is -2.26. The Morgan fingerprint density at radius 2 is 1.75 bits per heavy atom. The third kappa shape index (κ3) is 5.28. The highest BCUT2D eigenvalue weighted by atomic mass is 32.2. The molecule has 3 aromatic rings. The molecule has 2 N–H and O–H groups in total. The zero-order chi connectivity index (χ0) is 24.1. The first-order valence-electron chi connectivity index (χ1n) is 9.32. The second kappa shape index (κ2) is 7.89. The van der Waals surface area contributed by atoms with Crippen LogP contribution in [0.25, 0.3) is 22.0 Å². The number of ether oxygens (including phenoxy) is 1. The van der Waals surface area contributed by atoms with Gasteiger partial charge in [-0.1, -0.05) is 6.07 Å². The summed E-state index contributed by atoms with van der Waals surface area (Å²) < 4.78 is 83.0. The number of fused-ring (bicyclic) bond motifs is 1. The van der Waals surface area contributed by atoms with Gasteiger partial charge in [0.1, 0.15) is 11.4 Å². The van der Waals surface area contributed by atoms with Gasteiger partial charge in [0, 0.05) is 17.1 Å². The topological polar surface area (TPSA) is 91.4 Å². The summed E-state index contributed by atoms with van der Waals surface area (Å²) in [4.78, 5) is 12.0. The van der Waals surface area contributed by atoms with Gasteiger partial charge in [0.15, 0.2) is 0 Å². The molecule has 0 fully saturated rings. The molecular formula is C21H20F4N2O4S. The number of hydrogen-bond donors (Lipinski definition) is 1. The third-order valence-electron chi connectivity index (χ3n) is 4.43. The number of carbonyl (C=O) groups is 1. The SMILES string of the molecule is CC(C)(C)OC(=O)n1cc(-c2ccc(S(N)(=O)=O)c(CC(F)(F)F)c2)c2ccc(F)cc21. The monoisotopic (exact) mass is 472 g/mol. The maximum atomic E-state index is 13.9. The van der Waals surface area contributed by atoms with Crippen LogP contribution >= 0.6 is 0 Å². The average Bonchev–Trinajstić information content (AvgIpc) is 2.96. The minimum atomic E-state index is -4.69. The van der Waals surface area contributed by atoms with Crippen molar-refractivity contribution in [2.24, 2.45) is 5.14 Å². The van der Waals surface area contributed by atoms with Crippen LogP contribution in [-0.2, 0) is 21.2 Å². The van der Waals surface area contributed by atoms with E-state index in [0.29, 0.717) is 5.39 Å². The highest BCUT2D eigenvalue weighted by molar-refractivity contribution is 7.89. The summed E-state index contributed by atoms with van der Waals surface area (Å²) in [5.74, 6) is -0.630. The van der Waals surface area contributed by atoms with Crippen LogP contribution in [0.15, 0.2) is 47.5 Å². The summed E-state index contributed by atoms with van der Waals surface area (Å²) in [5.41, 5.74) is -0.774. The number of alkyl halides is 3. The molecule has 2 aromatic carbocycles. The highest BCUT2D eigenvalue weighted by Crippen LogP contribution is 2.35. The lowest BCUT2D eigenvalue weighted by atomic mass is 10.0. The van der Waals surface area contributed by atoms with E-state index in [2.05, 4.69) is 0 Å². The molecule has 172 valence electrons. The van der Waals surface area contributed by atoms with E-state index < -0.39 is 50.6 Å². The first kappa shape index (κ1) is 23.7. The number of sulfonamides is 1. The van der Waals surface area contributed by atoms with Crippen LogP contribution in [0.5, 0.6) is 0 Å². The van der Waals surface area contributed by atoms with E-state index in [1.54, 1.807) is 20.8 Å². The van der Waals surface area contributed by atoms with E-state index in [9.17, 15) is 30.8 Å². The Kier molecular flexibility index (Phi) is 5.85. The lowest BCUT2D eigenvalue weighted by molar-refractivity contribution is -0.127.